The van der Waals surface area contributed by atoms with E-state index in [2.05, 4.69) is 37.9 Å². The summed E-state index contributed by atoms with van der Waals surface area (Å²) in [6.45, 7) is 2.12. The van der Waals surface area contributed by atoms with Gasteiger partial charge < -0.3 is 4.90 Å². The van der Waals surface area contributed by atoms with Crippen LogP contribution < -0.4 is 4.90 Å². The van der Waals surface area contributed by atoms with Crippen LogP contribution in [0.4, 0.5) is 5.82 Å². The van der Waals surface area contributed by atoms with E-state index in [0.717, 1.165) is 45.7 Å². The number of benzene rings is 1. The van der Waals surface area contributed by atoms with Crippen molar-refractivity contribution in [3.63, 3.8) is 0 Å². The van der Waals surface area contributed by atoms with Gasteiger partial charge in [0.15, 0.2) is 5.82 Å². The highest BCUT2D eigenvalue weighted by Gasteiger charge is 2.18. The third kappa shape index (κ3) is 2.93. The van der Waals surface area contributed by atoms with Crippen LogP contribution in [0, 0.1) is 0 Å². The second kappa shape index (κ2) is 6.24. The Kier molecular flexibility index (Phi) is 3.95. The number of pyridine rings is 1. The van der Waals surface area contributed by atoms with Gasteiger partial charge in [-0.3, -0.25) is 4.98 Å². The molecule has 0 radical (unpaired) electrons. The number of fused-ring (bicyclic) bond motifs is 1. The van der Waals surface area contributed by atoms with E-state index in [1.54, 1.807) is 6.20 Å². The highest BCUT2D eigenvalue weighted by Crippen LogP contribution is 2.31. The van der Waals surface area contributed by atoms with E-state index >= 15 is 0 Å². The molecule has 4 rings (SSSR count). The average molecular weight is 369 g/mol. The summed E-state index contributed by atoms with van der Waals surface area (Å²) in [7, 11) is 0. The molecule has 0 spiro atoms. The molecule has 1 aliphatic heterocycles. The molecular formula is C18H17BrN4. The van der Waals surface area contributed by atoms with Crippen molar-refractivity contribution in [1.29, 1.82) is 0 Å². The quantitative estimate of drug-likeness (QED) is 0.670. The third-order valence-corrected chi connectivity index (χ3v) is 4.71. The van der Waals surface area contributed by atoms with Crippen LogP contribution in [0.3, 0.4) is 0 Å². The minimum absolute atomic E-state index is 0.744. The molecule has 0 unspecified atom stereocenters. The standard InChI is InChI=1S/C18H17BrN4/c19-14-6-7-16-15(11-14)18(23-9-2-1-3-10-23)22-17(21-16)13-5-4-8-20-12-13/h4-8,11-12H,1-3,9-10H2. The molecule has 1 fully saturated rings. The van der Waals surface area contributed by atoms with E-state index in [9.17, 15) is 0 Å². The van der Waals surface area contributed by atoms with Gasteiger partial charge in [0, 0.05) is 40.9 Å². The van der Waals surface area contributed by atoms with Gasteiger partial charge in [0.25, 0.3) is 0 Å². The zero-order valence-corrected chi connectivity index (χ0v) is 14.3. The number of hydrogen-bond donors (Lipinski definition) is 0. The monoisotopic (exact) mass is 368 g/mol. The fraction of sp³-hybridized carbons (Fsp3) is 0.278. The van der Waals surface area contributed by atoms with Crippen molar-refractivity contribution in [3.05, 3.63) is 47.2 Å². The fourth-order valence-electron chi connectivity index (χ4n) is 3.06. The van der Waals surface area contributed by atoms with Crippen LogP contribution >= 0.6 is 15.9 Å². The lowest BCUT2D eigenvalue weighted by Gasteiger charge is -2.29. The number of rotatable bonds is 2. The zero-order chi connectivity index (χ0) is 15.6. The summed E-state index contributed by atoms with van der Waals surface area (Å²) < 4.78 is 1.06. The van der Waals surface area contributed by atoms with Gasteiger partial charge in [-0.05, 0) is 49.6 Å². The summed E-state index contributed by atoms with van der Waals surface area (Å²) in [5, 5.41) is 1.11. The zero-order valence-electron chi connectivity index (χ0n) is 12.7. The number of piperidine rings is 1. The molecule has 0 aliphatic carbocycles. The Morgan fingerprint density at radius 1 is 1.00 bits per heavy atom. The molecule has 0 amide bonds. The van der Waals surface area contributed by atoms with Crippen LogP contribution in [0.5, 0.6) is 0 Å². The summed E-state index contributed by atoms with van der Waals surface area (Å²) in [5.41, 5.74) is 1.93. The van der Waals surface area contributed by atoms with E-state index < -0.39 is 0 Å². The molecule has 3 heterocycles. The van der Waals surface area contributed by atoms with Crippen molar-refractivity contribution in [1.82, 2.24) is 15.0 Å². The van der Waals surface area contributed by atoms with Crippen LogP contribution in [0.2, 0.25) is 0 Å². The lowest BCUT2D eigenvalue weighted by molar-refractivity contribution is 0.575. The average Bonchev–Trinajstić information content (AvgIpc) is 2.62. The number of aromatic nitrogens is 3. The van der Waals surface area contributed by atoms with Crippen molar-refractivity contribution in [2.45, 2.75) is 19.3 Å². The van der Waals surface area contributed by atoms with Gasteiger partial charge in [-0.1, -0.05) is 15.9 Å². The maximum absolute atomic E-state index is 4.89. The molecule has 1 aromatic carbocycles. The first-order valence-electron chi connectivity index (χ1n) is 7.94. The summed E-state index contributed by atoms with van der Waals surface area (Å²) in [4.78, 5) is 16.2. The highest BCUT2D eigenvalue weighted by atomic mass is 79.9. The predicted molar refractivity (Wildman–Crippen MR) is 96.5 cm³/mol. The summed E-state index contributed by atoms with van der Waals surface area (Å²) >= 11 is 3.57. The number of anilines is 1. The van der Waals surface area contributed by atoms with E-state index in [1.807, 2.05) is 24.4 Å². The van der Waals surface area contributed by atoms with Crippen LogP contribution in [0.25, 0.3) is 22.3 Å². The number of nitrogens with zero attached hydrogens (tertiary/aromatic N) is 4. The lowest BCUT2D eigenvalue weighted by Crippen LogP contribution is -2.30. The van der Waals surface area contributed by atoms with E-state index in [1.165, 1.54) is 19.3 Å². The maximum Gasteiger partial charge on any atom is 0.163 e. The van der Waals surface area contributed by atoms with Crippen molar-refractivity contribution >= 4 is 32.7 Å². The smallest absolute Gasteiger partial charge is 0.163 e. The molecule has 1 aliphatic rings. The molecule has 0 N–H and O–H groups in total. The van der Waals surface area contributed by atoms with E-state index in [-0.39, 0.29) is 0 Å². The fourth-order valence-corrected chi connectivity index (χ4v) is 3.42. The normalized spacial score (nSPS) is 15.1. The van der Waals surface area contributed by atoms with Gasteiger partial charge >= 0.3 is 0 Å². The molecule has 2 aromatic heterocycles. The third-order valence-electron chi connectivity index (χ3n) is 4.21. The Bertz CT molecular complexity index is 829. The Balaban J connectivity index is 1.91. The van der Waals surface area contributed by atoms with Crippen LogP contribution in [0.15, 0.2) is 47.2 Å². The van der Waals surface area contributed by atoms with Crippen LogP contribution in [-0.2, 0) is 0 Å². The van der Waals surface area contributed by atoms with Crippen molar-refractivity contribution in [3.8, 4) is 11.4 Å². The molecule has 0 bridgehead atoms. The Labute approximate surface area is 143 Å². The molecule has 23 heavy (non-hydrogen) atoms. The van der Waals surface area contributed by atoms with E-state index in [4.69, 9.17) is 9.97 Å². The van der Waals surface area contributed by atoms with Crippen LogP contribution in [0.1, 0.15) is 19.3 Å². The molecule has 3 aromatic rings. The first kappa shape index (κ1) is 14.6. The van der Waals surface area contributed by atoms with Gasteiger partial charge in [-0.25, -0.2) is 9.97 Å². The van der Waals surface area contributed by atoms with Crippen molar-refractivity contribution in [2.75, 3.05) is 18.0 Å². The molecular weight excluding hydrogens is 352 g/mol. The molecule has 0 saturated carbocycles. The maximum atomic E-state index is 4.89. The first-order valence-corrected chi connectivity index (χ1v) is 8.73. The topological polar surface area (TPSA) is 41.9 Å². The highest BCUT2D eigenvalue weighted by molar-refractivity contribution is 9.10. The molecule has 0 atom stereocenters. The number of hydrogen-bond acceptors (Lipinski definition) is 4. The van der Waals surface area contributed by atoms with Gasteiger partial charge in [0.1, 0.15) is 5.82 Å². The summed E-state index contributed by atoms with van der Waals surface area (Å²) in [5.74, 6) is 1.78. The number of halogens is 1. The van der Waals surface area contributed by atoms with Crippen molar-refractivity contribution in [2.24, 2.45) is 0 Å². The summed E-state index contributed by atoms with van der Waals surface area (Å²) in [6, 6.07) is 10.1. The van der Waals surface area contributed by atoms with Crippen LogP contribution in [-0.4, -0.2) is 28.0 Å². The van der Waals surface area contributed by atoms with Gasteiger partial charge in [0.05, 0.1) is 5.52 Å². The summed E-state index contributed by atoms with van der Waals surface area (Å²) in [6.07, 6.45) is 7.34. The van der Waals surface area contributed by atoms with Gasteiger partial charge in [-0.15, -0.1) is 0 Å². The second-order valence-corrected chi connectivity index (χ2v) is 6.74. The molecule has 1 saturated heterocycles. The molecule has 4 nitrogen and oxygen atoms in total. The minimum atomic E-state index is 0.744. The SMILES string of the molecule is Brc1ccc2nc(-c3cccnc3)nc(N3CCCCC3)c2c1. The predicted octanol–water partition coefficient (Wildman–Crippen LogP) is 4.44. The first-order chi connectivity index (χ1) is 11.3. The Hall–Kier alpha value is -2.01. The minimum Gasteiger partial charge on any atom is -0.356 e. The van der Waals surface area contributed by atoms with Crippen molar-refractivity contribution < 1.29 is 0 Å². The second-order valence-electron chi connectivity index (χ2n) is 5.82. The largest absolute Gasteiger partial charge is 0.356 e. The van der Waals surface area contributed by atoms with E-state index in [0.29, 0.717) is 0 Å². The lowest BCUT2D eigenvalue weighted by atomic mass is 10.1. The van der Waals surface area contributed by atoms with Gasteiger partial charge in [-0.2, -0.15) is 0 Å². The molecule has 116 valence electrons. The Morgan fingerprint density at radius 3 is 2.65 bits per heavy atom. The molecule has 5 heteroatoms. The Morgan fingerprint density at radius 2 is 1.87 bits per heavy atom. The van der Waals surface area contributed by atoms with Gasteiger partial charge in [0.2, 0.25) is 0 Å².